The molecule has 0 bridgehead atoms. The Hall–Kier alpha value is -0.330. The largest absolute Gasteiger partial charge is 0.299 e. The first-order valence-electron chi connectivity index (χ1n) is 5.97. The second kappa shape index (κ2) is 4.27. The average Bonchev–Trinajstić information content (AvgIpc) is 2.00. The average molecular weight is 212 g/mol. The minimum absolute atomic E-state index is 0.0755. The molecular weight excluding hydrogens is 184 g/mol. The van der Waals surface area contributed by atoms with Crippen LogP contribution in [0.3, 0.4) is 0 Å². The molecule has 0 heterocycles. The maximum atomic E-state index is 11.9. The van der Waals surface area contributed by atoms with Crippen molar-refractivity contribution in [3.05, 3.63) is 0 Å². The summed E-state index contributed by atoms with van der Waals surface area (Å²) < 4.78 is 0. The summed E-state index contributed by atoms with van der Waals surface area (Å²) in [4.78, 5) is 11.9. The van der Waals surface area contributed by atoms with Gasteiger partial charge in [0, 0.05) is 5.41 Å². The molecule has 1 unspecified atom stereocenters. The highest BCUT2D eigenvalue weighted by atomic mass is 16.1. The first-order chi connectivity index (χ1) is 6.46. The number of ketones is 1. The van der Waals surface area contributed by atoms with Crippen LogP contribution in [0.4, 0.5) is 0 Å². The van der Waals surface area contributed by atoms with Gasteiger partial charge in [-0.25, -0.2) is 0 Å². The molecule has 0 saturated carbocycles. The van der Waals surface area contributed by atoms with Gasteiger partial charge >= 0.3 is 0 Å². The van der Waals surface area contributed by atoms with Gasteiger partial charge in [-0.2, -0.15) is 0 Å². The zero-order chi connectivity index (χ0) is 12.5. The van der Waals surface area contributed by atoms with E-state index in [1.807, 2.05) is 0 Å². The molecule has 0 aliphatic carbocycles. The van der Waals surface area contributed by atoms with Crippen LogP contribution in [0.25, 0.3) is 0 Å². The number of hydrogen-bond acceptors (Lipinski definition) is 1. The first kappa shape index (κ1) is 14.7. The van der Waals surface area contributed by atoms with E-state index in [2.05, 4.69) is 48.5 Å². The van der Waals surface area contributed by atoms with Gasteiger partial charge in [-0.3, -0.25) is 4.79 Å². The van der Waals surface area contributed by atoms with Crippen molar-refractivity contribution in [1.29, 1.82) is 0 Å². The van der Waals surface area contributed by atoms with Crippen LogP contribution in [0.5, 0.6) is 0 Å². The summed E-state index contributed by atoms with van der Waals surface area (Å²) in [6, 6.07) is 0. The lowest BCUT2D eigenvalue weighted by Crippen LogP contribution is -2.43. The zero-order valence-electron chi connectivity index (χ0n) is 11.8. The third-order valence-electron chi connectivity index (χ3n) is 4.04. The van der Waals surface area contributed by atoms with Crippen molar-refractivity contribution in [2.75, 3.05) is 0 Å². The topological polar surface area (TPSA) is 17.1 Å². The van der Waals surface area contributed by atoms with E-state index in [1.54, 1.807) is 6.92 Å². The van der Waals surface area contributed by atoms with Crippen molar-refractivity contribution in [1.82, 2.24) is 0 Å². The summed E-state index contributed by atoms with van der Waals surface area (Å²) in [5.41, 5.74) is 0.0684. The maximum absolute atomic E-state index is 11.9. The highest BCUT2D eigenvalue weighted by molar-refractivity contribution is 5.82. The molecule has 90 valence electrons. The van der Waals surface area contributed by atoms with Crippen LogP contribution in [0, 0.1) is 16.2 Å². The van der Waals surface area contributed by atoms with Gasteiger partial charge in [-0.15, -0.1) is 0 Å². The summed E-state index contributed by atoms with van der Waals surface area (Å²) in [5.74, 6) is 0.323. The summed E-state index contributed by atoms with van der Waals surface area (Å²) in [6.45, 7) is 17.1. The van der Waals surface area contributed by atoms with Crippen LogP contribution in [0.1, 0.15) is 68.2 Å². The molecule has 0 rings (SSSR count). The van der Waals surface area contributed by atoms with Crippen LogP contribution in [0.15, 0.2) is 0 Å². The monoisotopic (exact) mass is 212 g/mol. The minimum Gasteiger partial charge on any atom is -0.299 e. The van der Waals surface area contributed by atoms with E-state index >= 15 is 0 Å². The number of hydrogen-bond donors (Lipinski definition) is 0. The molecule has 1 nitrogen and oxygen atoms in total. The molecule has 15 heavy (non-hydrogen) atoms. The lowest BCUT2D eigenvalue weighted by molar-refractivity contribution is -0.135. The number of rotatable bonds is 4. The predicted octanol–water partition coefficient (Wildman–Crippen LogP) is 4.45. The van der Waals surface area contributed by atoms with E-state index in [-0.39, 0.29) is 16.2 Å². The van der Waals surface area contributed by atoms with Crippen molar-refractivity contribution in [3.8, 4) is 0 Å². The Balaban J connectivity index is 5.18. The molecule has 0 aromatic rings. The Kier molecular flexibility index (Phi) is 4.18. The van der Waals surface area contributed by atoms with Crippen molar-refractivity contribution >= 4 is 5.78 Å². The van der Waals surface area contributed by atoms with Gasteiger partial charge in [0.05, 0.1) is 0 Å². The second-order valence-corrected chi connectivity index (χ2v) is 6.86. The Bertz CT molecular complexity index is 232. The fraction of sp³-hybridized carbons (Fsp3) is 0.929. The Morgan fingerprint density at radius 3 is 1.60 bits per heavy atom. The Morgan fingerprint density at radius 2 is 1.40 bits per heavy atom. The van der Waals surface area contributed by atoms with E-state index in [0.29, 0.717) is 5.78 Å². The second-order valence-electron chi connectivity index (χ2n) is 6.86. The fourth-order valence-corrected chi connectivity index (χ4v) is 2.29. The summed E-state index contributed by atoms with van der Waals surface area (Å²) in [6.07, 6.45) is 2.00. The van der Waals surface area contributed by atoms with Gasteiger partial charge in [0.15, 0.2) is 0 Å². The summed E-state index contributed by atoms with van der Waals surface area (Å²) >= 11 is 0. The molecule has 0 spiro atoms. The lowest BCUT2D eigenvalue weighted by Gasteiger charge is -2.45. The molecule has 0 aliphatic rings. The van der Waals surface area contributed by atoms with Crippen LogP contribution in [-0.4, -0.2) is 5.78 Å². The van der Waals surface area contributed by atoms with Crippen molar-refractivity contribution in [2.24, 2.45) is 16.2 Å². The Labute approximate surface area is 95.6 Å². The fourth-order valence-electron chi connectivity index (χ4n) is 2.29. The molecule has 0 saturated heterocycles. The van der Waals surface area contributed by atoms with Crippen molar-refractivity contribution in [2.45, 2.75) is 68.2 Å². The van der Waals surface area contributed by atoms with Crippen LogP contribution in [0.2, 0.25) is 0 Å². The normalized spacial score (nSPS) is 17.3. The van der Waals surface area contributed by atoms with E-state index < -0.39 is 0 Å². The third-order valence-corrected chi connectivity index (χ3v) is 4.04. The molecule has 0 aliphatic heterocycles. The standard InChI is InChI=1S/C14H28O/c1-9-13(6,7)14(8,11(2)15)10-12(3,4)5/h9-10H2,1-8H3. The van der Waals surface area contributed by atoms with Gasteiger partial charge < -0.3 is 0 Å². The Morgan fingerprint density at radius 1 is 1.00 bits per heavy atom. The van der Waals surface area contributed by atoms with Crippen molar-refractivity contribution < 1.29 is 4.79 Å². The summed E-state index contributed by atoms with van der Waals surface area (Å²) in [7, 11) is 0. The molecule has 0 radical (unpaired) electrons. The quantitative estimate of drug-likeness (QED) is 0.672. The molecular formula is C14H28O. The SMILES string of the molecule is CCC(C)(C)C(C)(CC(C)(C)C)C(C)=O. The van der Waals surface area contributed by atoms with E-state index in [1.165, 1.54) is 0 Å². The minimum atomic E-state index is -0.208. The van der Waals surface area contributed by atoms with E-state index in [9.17, 15) is 4.79 Å². The number of carbonyl (C=O) groups is 1. The smallest absolute Gasteiger partial charge is 0.136 e. The van der Waals surface area contributed by atoms with Crippen LogP contribution >= 0.6 is 0 Å². The molecule has 1 heteroatoms. The van der Waals surface area contributed by atoms with E-state index in [4.69, 9.17) is 0 Å². The van der Waals surface area contributed by atoms with Gasteiger partial charge in [0.1, 0.15) is 5.78 Å². The maximum Gasteiger partial charge on any atom is 0.136 e. The predicted molar refractivity (Wildman–Crippen MR) is 66.9 cm³/mol. The van der Waals surface area contributed by atoms with Gasteiger partial charge in [0.2, 0.25) is 0 Å². The lowest BCUT2D eigenvalue weighted by atomic mass is 9.58. The first-order valence-corrected chi connectivity index (χ1v) is 5.97. The van der Waals surface area contributed by atoms with E-state index in [0.717, 1.165) is 12.8 Å². The van der Waals surface area contributed by atoms with Crippen LogP contribution in [-0.2, 0) is 4.79 Å². The van der Waals surface area contributed by atoms with Crippen LogP contribution < -0.4 is 0 Å². The molecule has 0 fully saturated rings. The van der Waals surface area contributed by atoms with Gasteiger partial charge in [-0.1, -0.05) is 54.9 Å². The number of carbonyl (C=O) groups excluding carboxylic acids is 1. The molecule has 0 amide bonds. The highest BCUT2D eigenvalue weighted by Gasteiger charge is 2.45. The third kappa shape index (κ3) is 3.32. The zero-order valence-corrected chi connectivity index (χ0v) is 11.8. The number of Topliss-reactive ketones (excluding diaryl/α,β-unsaturated/α-hetero) is 1. The van der Waals surface area contributed by atoms with Crippen molar-refractivity contribution in [3.63, 3.8) is 0 Å². The molecule has 0 aromatic carbocycles. The summed E-state index contributed by atoms with van der Waals surface area (Å²) in [5, 5.41) is 0. The van der Waals surface area contributed by atoms with Gasteiger partial charge in [-0.05, 0) is 24.2 Å². The molecule has 0 N–H and O–H groups in total. The van der Waals surface area contributed by atoms with Gasteiger partial charge in [0.25, 0.3) is 0 Å². The highest BCUT2D eigenvalue weighted by Crippen LogP contribution is 2.49. The molecule has 1 atom stereocenters. The molecule has 0 aromatic heterocycles.